The number of hydrogen-bond donors (Lipinski definition) is 0. The van der Waals surface area contributed by atoms with E-state index in [1.807, 2.05) is 0 Å². The Balaban J connectivity index is 2.69. The highest BCUT2D eigenvalue weighted by atomic mass is 32.2. The second kappa shape index (κ2) is 7.36. The summed E-state index contributed by atoms with van der Waals surface area (Å²) >= 11 is 0. The van der Waals surface area contributed by atoms with Crippen LogP contribution in [0.3, 0.4) is 0 Å². The molecular formula is C18H19F2NO3S2. The predicted octanol–water partition coefficient (Wildman–Crippen LogP) is 4.00. The second-order valence-electron chi connectivity index (χ2n) is 6.50. The topological polar surface area (TPSA) is 63.6 Å². The Morgan fingerprint density at radius 3 is 1.85 bits per heavy atom. The number of benzene rings is 2. The van der Waals surface area contributed by atoms with E-state index < -0.39 is 41.4 Å². The van der Waals surface area contributed by atoms with Gasteiger partial charge in [-0.1, -0.05) is 48.5 Å². The van der Waals surface area contributed by atoms with Crippen LogP contribution < -0.4 is 0 Å². The summed E-state index contributed by atoms with van der Waals surface area (Å²) in [7, 11) is -7.14. The molecule has 0 N–H and O–H groups in total. The largest absolute Gasteiger partial charge is 0.392 e. The third-order valence-electron chi connectivity index (χ3n) is 3.41. The molecule has 0 amide bonds. The Morgan fingerprint density at radius 2 is 1.38 bits per heavy atom. The normalized spacial score (nSPS) is 14.9. The van der Waals surface area contributed by atoms with Crippen molar-refractivity contribution in [3.8, 4) is 0 Å². The molecule has 2 aromatic carbocycles. The lowest BCUT2D eigenvalue weighted by atomic mass is 10.1. The molecule has 0 spiro atoms. The fraction of sp³-hybridized carbons (Fsp3) is 0.278. The monoisotopic (exact) mass is 399 g/mol. The molecule has 0 fully saturated rings. The van der Waals surface area contributed by atoms with Crippen LogP contribution in [0.25, 0.3) is 0 Å². The molecule has 0 aliphatic rings. The van der Waals surface area contributed by atoms with Crippen LogP contribution in [0.2, 0.25) is 0 Å². The zero-order valence-corrected chi connectivity index (χ0v) is 16.2. The number of halogens is 2. The Labute approximate surface area is 154 Å². The summed E-state index contributed by atoms with van der Waals surface area (Å²) in [4.78, 5) is -0.532. The van der Waals surface area contributed by atoms with E-state index in [4.69, 9.17) is 0 Å². The third kappa shape index (κ3) is 4.07. The molecule has 1 atom stereocenters. The summed E-state index contributed by atoms with van der Waals surface area (Å²) < 4.78 is 70.5. The van der Waals surface area contributed by atoms with Crippen molar-refractivity contribution in [3.63, 3.8) is 0 Å². The average Bonchev–Trinajstić information content (AvgIpc) is 2.59. The molecule has 0 radical (unpaired) electrons. The first-order valence-electron chi connectivity index (χ1n) is 7.72. The van der Waals surface area contributed by atoms with Gasteiger partial charge in [-0.3, -0.25) is 0 Å². The van der Waals surface area contributed by atoms with Gasteiger partial charge in [-0.25, -0.2) is 12.6 Å². The van der Waals surface area contributed by atoms with Crippen LogP contribution in [0.4, 0.5) is 8.78 Å². The van der Waals surface area contributed by atoms with E-state index in [0.717, 1.165) is 12.1 Å². The van der Waals surface area contributed by atoms with Gasteiger partial charge in [0.05, 0.1) is 9.64 Å². The van der Waals surface area contributed by atoms with Crippen LogP contribution in [-0.4, -0.2) is 28.3 Å². The lowest BCUT2D eigenvalue weighted by Crippen LogP contribution is -2.39. The Bertz CT molecular complexity index is 920. The van der Waals surface area contributed by atoms with Crippen molar-refractivity contribution in [2.24, 2.45) is 4.40 Å². The maximum Gasteiger partial charge on any atom is 0.392 e. The summed E-state index contributed by atoms with van der Waals surface area (Å²) in [5, 5.41) is -4.35. The molecule has 0 unspecified atom stereocenters. The molecule has 140 valence electrons. The van der Waals surface area contributed by atoms with E-state index >= 15 is 8.78 Å². The second-order valence-corrected chi connectivity index (χ2v) is 10.4. The molecular weight excluding hydrogens is 380 g/mol. The molecule has 0 saturated carbocycles. The Hall–Kier alpha value is -1.93. The van der Waals surface area contributed by atoms with Gasteiger partial charge in [0, 0.05) is 5.56 Å². The Kier molecular flexibility index (Phi) is 5.77. The first-order chi connectivity index (χ1) is 12.0. The summed E-state index contributed by atoms with van der Waals surface area (Å²) in [6, 6.07) is 13.6. The first-order valence-corrected chi connectivity index (χ1v) is 10.3. The molecule has 8 heteroatoms. The van der Waals surface area contributed by atoms with E-state index in [1.165, 1.54) is 42.5 Å². The summed E-state index contributed by atoms with van der Waals surface area (Å²) in [6.07, 6.45) is 0. The van der Waals surface area contributed by atoms with Gasteiger partial charge < -0.3 is 0 Å². The van der Waals surface area contributed by atoms with Crippen LogP contribution in [0.5, 0.6) is 0 Å². The van der Waals surface area contributed by atoms with Gasteiger partial charge in [0.1, 0.15) is 16.7 Å². The minimum atomic E-state index is -5.08. The lowest BCUT2D eigenvalue weighted by Gasteiger charge is -2.21. The van der Waals surface area contributed by atoms with Gasteiger partial charge in [0.25, 0.3) is 0 Å². The van der Waals surface area contributed by atoms with E-state index in [-0.39, 0.29) is 5.56 Å². The summed E-state index contributed by atoms with van der Waals surface area (Å²) in [6.45, 7) is 4.71. The van der Waals surface area contributed by atoms with Crippen molar-refractivity contribution in [1.82, 2.24) is 0 Å². The van der Waals surface area contributed by atoms with Crippen molar-refractivity contribution in [3.05, 3.63) is 66.2 Å². The van der Waals surface area contributed by atoms with Gasteiger partial charge in [0.2, 0.25) is 9.84 Å². The minimum Gasteiger partial charge on any atom is -0.234 e. The molecule has 0 bridgehead atoms. The van der Waals surface area contributed by atoms with E-state index in [1.54, 1.807) is 26.8 Å². The standard InChI is InChI=1S/C18H19F2NO3S2/c1-17(2,3)25(22)21-16(14-10-6-4-7-11-14)18(19,20)26(23,24)15-12-8-5-9-13-15/h4-13H,1-3H3/b21-16+/t25-/m1/s1. The van der Waals surface area contributed by atoms with Gasteiger partial charge in [0.15, 0.2) is 0 Å². The molecule has 0 heterocycles. The van der Waals surface area contributed by atoms with E-state index in [9.17, 15) is 12.6 Å². The molecule has 0 saturated heterocycles. The number of alkyl halides is 2. The number of rotatable bonds is 5. The summed E-state index contributed by atoms with van der Waals surface area (Å²) in [5.41, 5.74) is -1.13. The smallest absolute Gasteiger partial charge is 0.234 e. The van der Waals surface area contributed by atoms with E-state index in [2.05, 4.69) is 4.40 Å². The number of sulfone groups is 1. The highest BCUT2D eigenvalue weighted by molar-refractivity contribution is 7.93. The molecule has 2 rings (SSSR count). The minimum absolute atomic E-state index is 0.102. The van der Waals surface area contributed by atoms with Gasteiger partial charge >= 0.3 is 5.25 Å². The van der Waals surface area contributed by atoms with Gasteiger partial charge in [-0.15, -0.1) is 0 Å². The zero-order valence-electron chi connectivity index (χ0n) is 14.5. The highest BCUT2D eigenvalue weighted by Gasteiger charge is 2.52. The van der Waals surface area contributed by atoms with Crippen LogP contribution in [-0.2, 0) is 20.8 Å². The quantitative estimate of drug-likeness (QED) is 0.714. The average molecular weight is 399 g/mol. The molecule has 26 heavy (non-hydrogen) atoms. The fourth-order valence-electron chi connectivity index (χ4n) is 1.96. The van der Waals surface area contributed by atoms with E-state index in [0.29, 0.717) is 0 Å². The van der Waals surface area contributed by atoms with Crippen molar-refractivity contribution >= 4 is 26.5 Å². The third-order valence-corrected chi connectivity index (χ3v) is 6.57. The van der Waals surface area contributed by atoms with Crippen LogP contribution >= 0.6 is 0 Å². The molecule has 2 aromatic rings. The zero-order chi connectivity index (χ0) is 19.6. The number of nitrogens with zero attached hydrogens (tertiary/aromatic N) is 1. The van der Waals surface area contributed by atoms with Crippen molar-refractivity contribution in [1.29, 1.82) is 0 Å². The molecule has 4 nitrogen and oxygen atoms in total. The predicted molar refractivity (Wildman–Crippen MR) is 99.4 cm³/mol. The van der Waals surface area contributed by atoms with Gasteiger partial charge in [-0.05, 0) is 32.9 Å². The maximum absolute atomic E-state index is 15.1. The first kappa shape index (κ1) is 20.4. The van der Waals surface area contributed by atoms with Crippen molar-refractivity contribution < 1.29 is 21.4 Å². The van der Waals surface area contributed by atoms with Crippen molar-refractivity contribution in [2.45, 2.75) is 35.7 Å². The lowest BCUT2D eigenvalue weighted by molar-refractivity contribution is 0.170. The van der Waals surface area contributed by atoms with Crippen LogP contribution in [0.1, 0.15) is 26.3 Å². The van der Waals surface area contributed by atoms with Crippen LogP contribution in [0.15, 0.2) is 70.0 Å². The maximum atomic E-state index is 15.1. The summed E-state index contributed by atoms with van der Waals surface area (Å²) in [5.74, 6) is 0. The highest BCUT2D eigenvalue weighted by Crippen LogP contribution is 2.34. The molecule has 0 aliphatic carbocycles. The van der Waals surface area contributed by atoms with Gasteiger partial charge in [-0.2, -0.15) is 13.2 Å². The Morgan fingerprint density at radius 1 is 0.923 bits per heavy atom. The fourth-order valence-corrected chi connectivity index (χ4v) is 3.91. The van der Waals surface area contributed by atoms with Crippen LogP contribution in [0, 0.1) is 0 Å². The van der Waals surface area contributed by atoms with Crippen molar-refractivity contribution in [2.75, 3.05) is 0 Å². The SMILES string of the molecule is CC(C)(C)[S@@](=O)/N=C(\c1ccccc1)C(F)(F)S(=O)(=O)c1ccccc1. The molecule has 0 aliphatic heterocycles. The molecule has 0 aromatic heterocycles. The number of hydrogen-bond acceptors (Lipinski definition) is 3.